The molecule has 0 aliphatic carbocycles. The Hall–Kier alpha value is -1.02. The number of hydrogen-bond acceptors (Lipinski definition) is 3. The first kappa shape index (κ1) is 24.0. The van der Waals surface area contributed by atoms with Gasteiger partial charge in [0.25, 0.3) is 0 Å². The number of nitrogens with zero attached hydrogens (tertiary/aromatic N) is 1. The van der Waals surface area contributed by atoms with Gasteiger partial charge in [0.1, 0.15) is 5.75 Å². The van der Waals surface area contributed by atoms with Crippen LogP contribution in [0.2, 0.25) is 0 Å². The molecule has 5 nitrogen and oxygen atoms in total. The van der Waals surface area contributed by atoms with Crippen molar-refractivity contribution in [3.63, 3.8) is 0 Å². The average molecular weight is 463 g/mol. The van der Waals surface area contributed by atoms with Crippen LogP contribution in [-0.4, -0.2) is 38.9 Å². The summed E-state index contributed by atoms with van der Waals surface area (Å²) < 4.78 is 11.0. The summed E-state index contributed by atoms with van der Waals surface area (Å²) in [6, 6.07) is 7.99. The molecule has 2 N–H and O–H groups in total. The van der Waals surface area contributed by atoms with Crippen molar-refractivity contribution in [3.8, 4) is 5.75 Å². The van der Waals surface area contributed by atoms with E-state index in [0.717, 1.165) is 43.4 Å². The lowest BCUT2D eigenvalue weighted by Gasteiger charge is -2.21. The summed E-state index contributed by atoms with van der Waals surface area (Å²) in [7, 11) is 1.67. The molecule has 6 heteroatoms. The van der Waals surface area contributed by atoms with Crippen LogP contribution in [0.5, 0.6) is 5.75 Å². The van der Waals surface area contributed by atoms with Gasteiger partial charge in [-0.1, -0.05) is 26.0 Å². The number of benzene rings is 1. The SMILES string of the molecule is CCNC(=NCc1ccc(OC)cc1)NCCC(OCC)C(C)C.I. The Kier molecular flexibility index (Phi) is 13.6. The smallest absolute Gasteiger partial charge is 0.191 e. The Balaban J connectivity index is 0.00000576. The summed E-state index contributed by atoms with van der Waals surface area (Å²) in [5.74, 6) is 2.22. The molecule has 0 aliphatic heterocycles. The Labute approximate surface area is 170 Å². The van der Waals surface area contributed by atoms with Crippen molar-refractivity contribution in [2.24, 2.45) is 10.9 Å². The number of ether oxygens (including phenoxy) is 2. The van der Waals surface area contributed by atoms with Crippen LogP contribution in [0.25, 0.3) is 0 Å². The molecule has 0 saturated heterocycles. The second-order valence-corrected chi connectivity index (χ2v) is 6.00. The summed E-state index contributed by atoms with van der Waals surface area (Å²) in [6.07, 6.45) is 1.25. The zero-order chi connectivity index (χ0) is 17.8. The average Bonchev–Trinajstić information content (AvgIpc) is 2.59. The molecule has 1 rings (SSSR count). The number of nitrogens with one attached hydrogen (secondary N) is 2. The van der Waals surface area contributed by atoms with Gasteiger partial charge in [-0.05, 0) is 43.9 Å². The lowest BCUT2D eigenvalue weighted by atomic mass is 10.0. The van der Waals surface area contributed by atoms with E-state index in [0.29, 0.717) is 12.5 Å². The minimum Gasteiger partial charge on any atom is -0.497 e. The van der Waals surface area contributed by atoms with Gasteiger partial charge >= 0.3 is 0 Å². The first-order chi connectivity index (χ1) is 11.6. The van der Waals surface area contributed by atoms with Gasteiger partial charge in [0.05, 0.1) is 19.8 Å². The maximum absolute atomic E-state index is 5.78. The standard InChI is InChI=1S/C19H33N3O2.HI/c1-6-20-19(21-13-12-18(15(3)4)24-7-2)22-14-16-8-10-17(23-5)11-9-16;/h8-11,15,18H,6-7,12-14H2,1-5H3,(H2,20,21,22);1H. The lowest BCUT2D eigenvalue weighted by Crippen LogP contribution is -2.39. The minimum atomic E-state index is 0. The number of guanidine groups is 1. The number of methoxy groups -OCH3 is 1. The van der Waals surface area contributed by atoms with Crippen molar-refractivity contribution in [2.75, 3.05) is 26.8 Å². The predicted molar refractivity (Wildman–Crippen MR) is 116 cm³/mol. The Bertz CT molecular complexity index is 478. The molecule has 1 unspecified atom stereocenters. The molecular weight excluding hydrogens is 429 g/mol. The number of halogens is 1. The van der Waals surface area contributed by atoms with Crippen molar-refractivity contribution < 1.29 is 9.47 Å². The van der Waals surface area contributed by atoms with Crippen molar-refractivity contribution in [1.29, 1.82) is 0 Å². The normalized spacial score (nSPS) is 12.5. The minimum absolute atomic E-state index is 0. The molecule has 0 fully saturated rings. The first-order valence-corrected chi connectivity index (χ1v) is 8.87. The molecule has 0 amide bonds. The molecule has 0 radical (unpaired) electrons. The van der Waals surface area contributed by atoms with E-state index in [-0.39, 0.29) is 30.1 Å². The zero-order valence-corrected chi connectivity index (χ0v) is 18.5. The van der Waals surface area contributed by atoms with Crippen molar-refractivity contribution in [2.45, 2.75) is 46.8 Å². The van der Waals surface area contributed by atoms with Gasteiger partial charge in [0.2, 0.25) is 0 Å². The zero-order valence-electron chi connectivity index (χ0n) is 16.2. The molecule has 0 spiro atoms. The molecule has 0 aliphatic rings. The largest absolute Gasteiger partial charge is 0.497 e. The van der Waals surface area contributed by atoms with Gasteiger partial charge in [-0.3, -0.25) is 0 Å². The first-order valence-electron chi connectivity index (χ1n) is 8.87. The van der Waals surface area contributed by atoms with Crippen LogP contribution in [0.15, 0.2) is 29.3 Å². The van der Waals surface area contributed by atoms with E-state index in [9.17, 15) is 0 Å². The third kappa shape index (κ3) is 9.89. The Morgan fingerprint density at radius 3 is 2.32 bits per heavy atom. The number of hydrogen-bond donors (Lipinski definition) is 2. The quantitative estimate of drug-likeness (QED) is 0.315. The highest BCUT2D eigenvalue weighted by Gasteiger charge is 2.12. The van der Waals surface area contributed by atoms with Crippen LogP contribution in [0.3, 0.4) is 0 Å². The monoisotopic (exact) mass is 463 g/mol. The van der Waals surface area contributed by atoms with Gasteiger partial charge in [-0.2, -0.15) is 0 Å². The fourth-order valence-corrected chi connectivity index (χ4v) is 2.40. The molecule has 1 atom stereocenters. The molecule has 0 heterocycles. The van der Waals surface area contributed by atoms with E-state index in [1.807, 2.05) is 31.2 Å². The Morgan fingerprint density at radius 2 is 1.80 bits per heavy atom. The van der Waals surface area contributed by atoms with E-state index >= 15 is 0 Å². The maximum Gasteiger partial charge on any atom is 0.191 e. The van der Waals surface area contributed by atoms with Gasteiger partial charge < -0.3 is 20.1 Å². The van der Waals surface area contributed by atoms with Gasteiger partial charge in [0, 0.05) is 19.7 Å². The molecule has 0 bridgehead atoms. The summed E-state index contributed by atoms with van der Waals surface area (Å²) in [4.78, 5) is 4.64. The summed E-state index contributed by atoms with van der Waals surface area (Å²) in [5, 5.41) is 6.68. The van der Waals surface area contributed by atoms with Crippen LogP contribution < -0.4 is 15.4 Å². The summed E-state index contributed by atoms with van der Waals surface area (Å²) in [5.41, 5.74) is 1.15. The molecular formula is C19H34IN3O2. The van der Waals surface area contributed by atoms with Crippen molar-refractivity contribution in [3.05, 3.63) is 29.8 Å². The van der Waals surface area contributed by atoms with E-state index in [2.05, 4.69) is 36.4 Å². The summed E-state index contributed by atoms with van der Waals surface area (Å²) >= 11 is 0. The third-order valence-electron chi connectivity index (χ3n) is 3.77. The maximum atomic E-state index is 5.78. The summed E-state index contributed by atoms with van der Waals surface area (Å²) in [6.45, 7) is 11.6. The molecule has 0 aromatic heterocycles. The highest BCUT2D eigenvalue weighted by molar-refractivity contribution is 14.0. The van der Waals surface area contributed by atoms with Crippen molar-refractivity contribution in [1.82, 2.24) is 10.6 Å². The molecule has 144 valence electrons. The molecule has 1 aromatic rings. The van der Waals surface area contributed by atoms with E-state index in [4.69, 9.17) is 9.47 Å². The second kappa shape index (κ2) is 14.2. The van der Waals surface area contributed by atoms with Crippen LogP contribution in [-0.2, 0) is 11.3 Å². The van der Waals surface area contributed by atoms with Gasteiger partial charge in [-0.15, -0.1) is 24.0 Å². The van der Waals surface area contributed by atoms with Crippen LogP contribution in [0.1, 0.15) is 39.7 Å². The third-order valence-corrected chi connectivity index (χ3v) is 3.77. The fourth-order valence-electron chi connectivity index (χ4n) is 2.40. The lowest BCUT2D eigenvalue weighted by molar-refractivity contribution is 0.0258. The van der Waals surface area contributed by atoms with Crippen LogP contribution in [0.4, 0.5) is 0 Å². The topological polar surface area (TPSA) is 54.9 Å². The van der Waals surface area contributed by atoms with Crippen molar-refractivity contribution >= 4 is 29.9 Å². The predicted octanol–water partition coefficient (Wildman–Crippen LogP) is 3.82. The number of aliphatic imine (C=N–C) groups is 1. The van der Waals surface area contributed by atoms with Gasteiger partial charge in [0.15, 0.2) is 5.96 Å². The highest BCUT2D eigenvalue weighted by atomic mass is 127. The van der Waals surface area contributed by atoms with E-state index in [1.54, 1.807) is 7.11 Å². The van der Waals surface area contributed by atoms with Gasteiger partial charge in [-0.25, -0.2) is 4.99 Å². The fraction of sp³-hybridized carbons (Fsp3) is 0.632. The van der Waals surface area contributed by atoms with E-state index < -0.39 is 0 Å². The van der Waals surface area contributed by atoms with Crippen LogP contribution >= 0.6 is 24.0 Å². The molecule has 0 saturated carbocycles. The van der Waals surface area contributed by atoms with Crippen LogP contribution in [0, 0.1) is 5.92 Å². The number of rotatable bonds is 10. The highest BCUT2D eigenvalue weighted by Crippen LogP contribution is 2.12. The molecule has 25 heavy (non-hydrogen) atoms. The van der Waals surface area contributed by atoms with E-state index in [1.165, 1.54) is 0 Å². The second-order valence-electron chi connectivity index (χ2n) is 6.00. The molecule has 1 aromatic carbocycles. The Morgan fingerprint density at radius 1 is 1.12 bits per heavy atom.